The van der Waals surface area contributed by atoms with Crippen molar-refractivity contribution in [1.82, 2.24) is 4.98 Å². The van der Waals surface area contributed by atoms with E-state index < -0.39 is 30.1 Å². The number of nitrogens with zero attached hydrogens (tertiary/aromatic N) is 1. The molecule has 1 amide bonds. The molecule has 0 saturated heterocycles. The van der Waals surface area contributed by atoms with Gasteiger partial charge in [0.25, 0.3) is 5.91 Å². The van der Waals surface area contributed by atoms with E-state index in [0.29, 0.717) is 10.5 Å². The van der Waals surface area contributed by atoms with Gasteiger partial charge in [-0.15, -0.1) is 0 Å². The van der Waals surface area contributed by atoms with Crippen molar-refractivity contribution in [2.45, 2.75) is 0 Å². The molecule has 0 aliphatic rings. The summed E-state index contributed by atoms with van der Waals surface area (Å²) in [6.07, 6.45) is 2.76. The van der Waals surface area contributed by atoms with Gasteiger partial charge < -0.3 is 10.1 Å². The first-order chi connectivity index (χ1) is 10.9. The molecular formula is C14H8Br2F2N2O3. The Balaban J connectivity index is 1.97. The molecule has 23 heavy (non-hydrogen) atoms. The smallest absolute Gasteiger partial charge is 0.340 e. The van der Waals surface area contributed by atoms with Crippen LogP contribution in [0.5, 0.6) is 0 Å². The number of anilines is 1. The van der Waals surface area contributed by atoms with Crippen molar-refractivity contribution in [1.29, 1.82) is 0 Å². The Kier molecular flexibility index (Phi) is 5.78. The number of nitrogens with one attached hydrogen (secondary N) is 1. The number of esters is 1. The summed E-state index contributed by atoms with van der Waals surface area (Å²) in [6, 6.07) is 3.10. The summed E-state index contributed by atoms with van der Waals surface area (Å²) < 4.78 is 31.9. The van der Waals surface area contributed by atoms with E-state index in [0.717, 1.165) is 6.07 Å². The molecule has 1 aromatic heterocycles. The van der Waals surface area contributed by atoms with Crippen molar-refractivity contribution in [3.63, 3.8) is 0 Å². The number of hydrogen-bond acceptors (Lipinski definition) is 4. The third-order valence-corrected chi connectivity index (χ3v) is 3.61. The van der Waals surface area contributed by atoms with Gasteiger partial charge in [-0.25, -0.2) is 13.6 Å². The summed E-state index contributed by atoms with van der Waals surface area (Å²) in [7, 11) is 0. The lowest BCUT2D eigenvalue weighted by Gasteiger charge is -2.09. The Labute approximate surface area is 146 Å². The fraction of sp³-hybridized carbons (Fsp3) is 0.0714. The molecule has 0 spiro atoms. The van der Waals surface area contributed by atoms with E-state index in [9.17, 15) is 18.4 Å². The maximum atomic E-state index is 13.6. The second-order valence-corrected chi connectivity index (χ2v) is 6.03. The van der Waals surface area contributed by atoms with Crippen LogP contribution in [0.15, 0.2) is 39.5 Å². The number of halogens is 4. The average molecular weight is 450 g/mol. The van der Waals surface area contributed by atoms with Gasteiger partial charge >= 0.3 is 5.97 Å². The molecule has 120 valence electrons. The minimum Gasteiger partial charge on any atom is -0.452 e. The number of hydrogen-bond donors (Lipinski definition) is 1. The van der Waals surface area contributed by atoms with Crippen LogP contribution in [0.2, 0.25) is 0 Å². The first kappa shape index (κ1) is 17.5. The summed E-state index contributed by atoms with van der Waals surface area (Å²) >= 11 is 6.08. The van der Waals surface area contributed by atoms with Gasteiger partial charge in [0, 0.05) is 27.4 Å². The quantitative estimate of drug-likeness (QED) is 0.723. The Morgan fingerprint density at radius 1 is 1.17 bits per heavy atom. The van der Waals surface area contributed by atoms with Gasteiger partial charge in [-0.1, -0.05) is 0 Å². The summed E-state index contributed by atoms with van der Waals surface area (Å²) in [5.74, 6) is -3.27. The van der Waals surface area contributed by atoms with E-state index in [-0.39, 0.29) is 15.7 Å². The molecule has 0 bridgehead atoms. The topological polar surface area (TPSA) is 68.3 Å². The van der Waals surface area contributed by atoms with Crippen molar-refractivity contribution in [3.8, 4) is 0 Å². The highest BCUT2D eigenvalue weighted by molar-refractivity contribution is 9.10. The lowest BCUT2D eigenvalue weighted by atomic mass is 10.3. The normalized spacial score (nSPS) is 10.3. The zero-order valence-electron chi connectivity index (χ0n) is 11.3. The number of aromatic nitrogens is 1. The number of carbonyl (C=O) groups is 2. The minimum absolute atomic E-state index is 0.0332. The lowest BCUT2D eigenvalue weighted by Crippen LogP contribution is -2.21. The molecule has 0 aliphatic heterocycles. The van der Waals surface area contributed by atoms with Gasteiger partial charge in [0.2, 0.25) is 0 Å². The fourth-order valence-corrected chi connectivity index (χ4v) is 2.45. The van der Waals surface area contributed by atoms with E-state index in [1.807, 2.05) is 0 Å². The van der Waals surface area contributed by atoms with Crippen LogP contribution in [-0.4, -0.2) is 23.5 Å². The molecule has 9 heteroatoms. The summed E-state index contributed by atoms with van der Waals surface area (Å²) in [5, 5.41) is 2.19. The van der Waals surface area contributed by atoms with Gasteiger partial charge in [-0.2, -0.15) is 0 Å². The maximum absolute atomic E-state index is 13.6. The second-order valence-electron chi connectivity index (χ2n) is 4.26. The third kappa shape index (κ3) is 4.80. The van der Waals surface area contributed by atoms with Crippen LogP contribution in [0.3, 0.4) is 0 Å². The van der Waals surface area contributed by atoms with Crippen LogP contribution in [0.4, 0.5) is 14.5 Å². The van der Waals surface area contributed by atoms with Crippen LogP contribution in [0.1, 0.15) is 10.4 Å². The van der Waals surface area contributed by atoms with Gasteiger partial charge in [0.05, 0.1) is 11.3 Å². The van der Waals surface area contributed by atoms with Crippen molar-refractivity contribution in [3.05, 3.63) is 56.7 Å². The van der Waals surface area contributed by atoms with Crippen molar-refractivity contribution in [2.75, 3.05) is 11.9 Å². The van der Waals surface area contributed by atoms with Crippen LogP contribution in [0.25, 0.3) is 0 Å². The molecule has 5 nitrogen and oxygen atoms in total. The summed E-state index contributed by atoms with van der Waals surface area (Å²) in [4.78, 5) is 27.2. The Morgan fingerprint density at radius 3 is 2.57 bits per heavy atom. The number of amides is 1. The number of benzene rings is 1. The van der Waals surface area contributed by atoms with Crippen LogP contribution < -0.4 is 5.32 Å². The zero-order valence-corrected chi connectivity index (χ0v) is 14.4. The molecule has 0 aliphatic carbocycles. The summed E-state index contributed by atoms with van der Waals surface area (Å²) in [6.45, 7) is -0.630. The van der Waals surface area contributed by atoms with Crippen LogP contribution in [-0.2, 0) is 9.53 Å². The fourth-order valence-electron chi connectivity index (χ4n) is 1.58. The second kappa shape index (κ2) is 7.60. The molecule has 1 aromatic carbocycles. The largest absolute Gasteiger partial charge is 0.452 e. The molecule has 1 N–H and O–H groups in total. The Bertz CT molecular complexity index is 748. The van der Waals surface area contributed by atoms with Gasteiger partial charge in [0.1, 0.15) is 5.82 Å². The minimum atomic E-state index is -0.951. The van der Waals surface area contributed by atoms with E-state index in [1.165, 1.54) is 18.5 Å². The van der Waals surface area contributed by atoms with E-state index in [1.54, 1.807) is 0 Å². The van der Waals surface area contributed by atoms with E-state index in [4.69, 9.17) is 4.74 Å². The van der Waals surface area contributed by atoms with Crippen molar-refractivity contribution < 1.29 is 23.1 Å². The summed E-state index contributed by atoms with van der Waals surface area (Å²) in [5.41, 5.74) is -0.0853. The highest BCUT2D eigenvalue weighted by Crippen LogP contribution is 2.26. The monoisotopic (exact) mass is 448 g/mol. The first-order valence-corrected chi connectivity index (χ1v) is 7.67. The van der Waals surface area contributed by atoms with Crippen LogP contribution in [0, 0.1) is 11.6 Å². The lowest BCUT2D eigenvalue weighted by molar-refractivity contribution is -0.119. The molecule has 0 radical (unpaired) electrons. The van der Waals surface area contributed by atoms with Gasteiger partial charge in [-0.3, -0.25) is 9.78 Å². The highest BCUT2D eigenvalue weighted by atomic mass is 79.9. The van der Waals surface area contributed by atoms with Gasteiger partial charge in [0.15, 0.2) is 12.4 Å². The molecule has 1 heterocycles. The van der Waals surface area contributed by atoms with Crippen LogP contribution >= 0.6 is 31.9 Å². The number of ether oxygens (including phenoxy) is 1. The molecule has 2 aromatic rings. The average Bonchev–Trinajstić information content (AvgIpc) is 2.48. The van der Waals surface area contributed by atoms with Crippen molar-refractivity contribution in [2.24, 2.45) is 0 Å². The van der Waals surface area contributed by atoms with Gasteiger partial charge in [-0.05, 0) is 44.0 Å². The Hall–Kier alpha value is -1.87. The molecule has 2 rings (SSSR count). The zero-order chi connectivity index (χ0) is 17.0. The number of pyridine rings is 1. The predicted octanol–water partition coefficient (Wildman–Crippen LogP) is 3.68. The Morgan fingerprint density at radius 2 is 1.91 bits per heavy atom. The van der Waals surface area contributed by atoms with E-state index >= 15 is 0 Å². The highest BCUT2D eigenvalue weighted by Gasteiger charge is 2.15. The molecule has 0 unspecified atom stereocenters. The molecular weight excluding hydrogens is 442 g/mol. The SMILES string of the molecule is O=C(COC(=O)c1cncc(Br)c1)Nc1c(F)cc(F)cc1Br. The standard InChI is InChI=1S/C14H8Br2F2N2O3/c15-8-1-7(4-19-5-8)14(22)23-6-12(21)20-13-10(16)2-9(17)3-11(13)18/h1-5H,6H2,(H,20,21). The third-order valence-electron chi connectivity index (χ3n) is 2.55. The number of rotatable bonds is 4. The van der Waals surface area contributed by atoms with E-state index in [2.05, 4.69) is 42.2 Å². The maximum Gasteiger partial charge on any atom is 0.340 e. The first-order valence-electron chi connectivity index (χ1n) is 6.09. The number of carbonyl (C=O) groups excluding carboxylic acids is 2. The molecule has 0 atom stereocenters. The molecule has 0 saturated carbocycles. The van der Waals surface area contributed by atoms with Crippen molar-refractivity contribution >= 4 is 49.4 Å². The predicted molar refractivity (Wildman–Crippen MR) is 84.9 cm³/mol. The molecule has 0 fully saturated rings.